The number of alkyl halides is 4. The van der Waals surface area contributed by atoms with Gasteiger partial charge in [-0.05, 0) is 19.3 Å². The first-order valence-corrected chi connectivity index (χ1v) is 5.04. The minimum Gasteiger partial charge on any atom is -0.368 e. The molecule has 0 radical (unpaired) electrons. The van der Waals surface area contributed by atoms with Crippen LogP contribution in [0.15, 0.2) is 0 Å². The summed E-state index contributed by atoms with van der Waals surface area (Å²) in [6.07, 6.45) is -3.04. The van der Waals surface area contributed by atoms with Crippen LogP contribution in [-0.2, 0) is 9.59 Å². The van der Waals surface area contributed by atoms with Gasteiger partial charge in [0.05, 0.1) is 0 Å². The first-order chi connectivity index (χ1) is 7.78. The summed E-state index contributed by atoms with van der Waals surface area (Å²) < 4.78 is 49.8. The molecule has 8 heteroatoms. The quantitative estimate of drug-likeness (QED) is 0.757. The molecule has 1 saturated heterocycles. The number of rotatable bonds is 3. The molecular formula is C9H12F4N2O2. The van der Waals surface area contributed by atoms with E-state index in [1.807, 2.05) is 0 Å². The molecule has 2 amide bonds. The third-order valence-corrected chi connectivity index (χ3v) is 2.65. The number of nitrogens with zero attached hydrogens (tertiary/aromatic N) is 1. The van der Waals surface area contributed by atoms with Crippen molar-refractivity contribution in [1.82, 2.24) is 4.90 Å². The Kier molecular flexibility index (Phi) is 3.94. The third kappa shape index (κ3) is 2.67. The fourth-order valence-corrected chi connectivity index (χ4v) is 1.76. The van der Waals surface area contributed by atoms with Gasteiger partial charge >= 0.3 is 12.3 Å². The van der Waals surface area contributed by atoms with Crippen LogP contribution in [0.4, 0.5) is 17.6 Å². The van der Waals surface area contributed by atoms with Gasteiger partial charge in [-0.2, -0.15) is 8.78 Å². The molecule has 98 valence electrons. The van der Waals surface area contributed by atoms with Gasteiger partial charge in [0, 0.05) is 6.54 Å². The van der Waals surface area contributed by atoms with Crippen LogP contribution in [-0.4, -0.2) is 41.6 Å². The Hall–Kier alpha value is -1.34. The van der Waals surface area contributed by atoms with Gasteiger partial charge in [-0.3, -0.25) is 9.59 Å². The van der Waals surface area contributed by atoms with E-state index in [4.69, 9.17) is 5.73 Å². The van der Waals surface area contributed by atoms with Crippen molar-refractivity contribution in [3.63, 3.8) is 0 Å². The Morgan fingerprint density at radius 3 is 2.35 bits per heavy atom. The van der Waals surface area contributed by atoms with E-state index in [9.17, 15) is 27.2 Å². The lowest BCUT2D eigenvalue weighted by Crippen LogP contribution is -2.57. The second-order valence-electron chi connectivity index (χ2n) is 3.84. The Balaban J connectivity index is 2.89. The molecule has 17 heavy (non-hydrogen) atoms. The number of piperidine rings is 1. The van der Waals surface area contributed by atoms with Crippen LogP contribution in [0.3, 0.4) is 0 Å². The predicted octanol–water partition coefficient (Wildman–Crippen LogP) is 0.753. The number of primary amides is 1. The summed E-state index contributed by atoms with van der Waals surface area (Å²) in [4.78, 5) is 22.7. The maximum Gasteiger partial charge on any atom is 0.383 e. The summed E-state index contributed by atoms with van der Waals surface area (Å²) >= 11 is 0. The Bertz CT molecular complexity index is 322. The summed E-state index contributed by atoms with van der Waals surface area (Å²) in [6, 6.07) is -1.22. The van der Waals surface area contributed by atoms with Crippen molar-refractivity contribution < 1.29 is 27.2 Å². The first kappa shape index (κ1) is 13.7. The van der Waals surface area contributed by atoms with Crippen molar-refractivity contribution in [2.45, 2.75) is 37.7 Å². The molecule has 0 aromatic carbocycles. The van der Waals surface area contributed by atoms with E-state index in [1.54, 1.807) is 0 Å². The van der Waals surface area contributed by atoms with Gasteiger partial charge in [-0.1, -0.05) is 0 Å². The third-order valence-electron chi connectivity index (χ3n) is 2.65. The van der Waals surface area contributed by atoms with E-state index in [-0.39, 0.29) is 13.0 Å². The van der Waals surface area contributed by atoms with Crippen LogP contribution in [0.25, 0.3) is 0 Å². The fraction of sp³-hybridized carbons (Fsp3) is 0.778. The van der Waals surface area contributed by atoms with E-state index in [2.05, 4.69) is 0 Å². The van der Waals surface area contributed by atoms with Gasteiger partial charge in [0.15, 0.2) is 0 Å². The number of likely N-dealkylation sites (tertiary alicyclic amines) is 1. The highest BCUT2D eigenvalue weighted by atomic mass is 19.3. The molecule has 0 aromatic heterocycles. The smallest absolute Gasteiger partial charge is 0.368 e. The summed E-state index contributed by atoms with van der Waals surface area (Å²) in [5.74, 6) is -7.76. The number of halogens is 4. The monoisotopic (exact) mass is 256 g/mol. The van der Waals surface area contributed by atoms with Gasteiger partial charge in [0.2, 0.25) is 5.91 Å². The normalized spacial score (nSPS) is 21.7. The van der Waals surface area contributed by atoms with Crippen LogP contribution < -0.4 is 5.73 Å². The zero-order valence-electron chi connectivity index (χ0n) is 8.84. The van der Waals surface area contributed by atoms with E-state index in [1.165, 1.54) is 0 Å². The van der Waals surface area contributed by atoms with E-state index in [0.29, 0.717) is 17.7 Å². The number of amides is 2. The number of hydrogen-bond donors (Lipinski definition) is 1. The minimum atomic E-state index is -4.77. The van der Waals surface area contributed by atoms with Crippen LogP contribution in [0.5, 0.6) is 0 Å². The number of carbonyl (C=O) groups excluding carboxylic acids is 2. The zero-order chi connectivity index (χ0) is 13.2. The van der Waals surface area contributed by atoms with Crippen molar-refractivity contribution >= 4 is 11.8 Å². The topological polar surface area (TPSA) is 63.4 Å². The standard InChI is InChI=1S/C9H12F4N2O2/c10-7(11)9(12,13)8(17)15-4-2-1-3-5(15)6(14)16/h5,7H,1-4H2,(H2,14,16). The Morgan fingerprint density at radius 2 is 1.88 bits per heavy atom. The molecule has 1 rings (SSSR count). The molecule has 4 nitrogen and oxygen atoms in total. The predicted molar refractivity (Wildman–Crippen MR) is 49.5 cm³/mol. The molecule has 0 aliphatic carbocycles. The summed E-state index contributed by atoms with van der Waals surface area (Å²) in [5, 5.41) is 0. The molecule has 1 heterocycles. The van der Waals surface area contributed by atoms with Gasteiger partial charge in [0.1, 0.15) is 6.04 Å². The first-order valence-electron chi connectivity index (χ1n) is 5.04. The van der Waals surface area contributed by atoms with Crippen molar-refractivity contribution in [2.24, 2.45) is 5.73 Å². The molecule has 1 aliphatic rings. The molecular weight excluding hydrogens is 244 g/mol. The highest BCUT2D eigenvalue weighted by Crippen LogP contribution is 2.28. The van der Waals surface area contributed by atoms with Crippen molar-refractivity contribution in [2.75, 3.05) is 6.54 Å². The average molecular weight is 256 g/mol. The number of hydrogen-bond acceptors (Lipinski definition) is 2. The van der Waals surface area contributed by atoms with Crippen molar-refractivity contribution in [3.8, 4) is 0 Å². The van der Waals surface area contributed by atoms with E-state index < -0.39 is 30.2 Å². The minimum absolute atomic E-state index is 0.125. The van der Waals surface area contributed by atoms with Gasteiger partial charge in [0.25, 0.3) is 5.91 Å². The summed E-state index contributed by atoms with van der Waals surface area (Å²) in [7, 11) is 0. The Labute approximate surface area is 94.7 Å². The maximum absolute atomic E-state index is 12.9. The lowest BCUT2D eigenvalue weighted by atomic mass is 10.0. The highest BCUT2D eigenvalue weighted by Gasteiger charge is 2.53. The largest absolute Gasteiger partial charge is 0.383 e. The molecule has 1 atom stereocenters. The van der Waals surface area contributed by atoms with Gasteiger partial charge in [-0.15, -0.1) is 0 Å². The molecule has 2 N–H and O–H groups in total. The van der Waals surface area contributed by atoms with Crippen molar-refractivity contribution in [1.29, 1.82) is 0 Å². The lowest BCUT2D eigenvalue weighted by molar-refractivity contribution is -0.184. The molecule has 1 fully saturated rings. The van der Waals surface area contributed by atoms with E-state index >= 15 is 0 Å². The van der Waals surface area contributed by atoms with Gasteiger partial charge in [-0.25, -0.2) is 8.78 Å². The molecule has 0 spiro atoms. The fourth-order valence-electron chi connectivity index (χ4n) is 1.76. The number of carbonyl (C=O) groups is 2. The SMILES string of the molecule is NC(=O)C1CCCCN1C(=O)C(F)(F)C(F)F. The maximum atomic E-state index is 12.9. The van der Waals surface area contributed by atoms with E-state index in [0.717, 1.165) is 0 Å². The lowest BCUT2D eigenvalue weighted by Gasteiger charge is -2.35. The van der Waals surface area contributed by atoms with Gasteiger partial charge < -0.3 is 10.6 Å². The number of nitrogens with two attached hydrogens (primary N) is 1. The van der Waals surface area contributed by atoms with Crippen molar-refractivity contribution in [3.05, 3.63) is 0 Å². The summed E-state index contributed by atoms with van der Waals surface area (Å²) in [6.45, 7) is -0.158. The van der Waals surface area contributed by atoms with Crippen LogP contribution in [0.1, 0.15) is 19.3 Å². The average Bonchev–Trinajstić information content (AvgIpc) is 2.27. The van der Waals surface area contributed by atoms with Crippen LogP contribution >= 0.6 is 0 Å². The molecule has 0 aromatic rings. The second-order valence-corrected chi connectivity index (χ2v) is 3.84. The zero-order valence-corrected chi connectivity index (χ0v) is 8.84. The summed E-state index contributed by atoms with van der Waals surface area (Å²) in [5.41, 5.74) is 4.95. The molecule has 0 bridgehead atoms. The second kappa shape index (κ2) is 4.89. The highest BCUT2D eigenvalue weighted by molar-refractivity contribution is 5.90. The molecule has 1 unspecified atom stereocenters. The molecule has 0 saturated carbocycles. The van der Waals surface area contributed by atoms with Crippen LogP contribution in [0, 0.1) is 0 Å². The van der Waals surface area contributed by atoms with Crippen LogP contribution in [0.2, 0.25) is 0 Å². The molecule has 1 aliphatic heterocycles. The Morgan fingerprint density at radius 1 is 1.29 bits per heavy atom.